The molecule has 0 fully saturated rings. The van der Waals surface area contributed by atoms with Gasteiger partial charge in [-0.25, -0.2) is 4.98 Å². The van der Waals surface area contributed by atoms with Gasteiger partial charge in [0.2, 0.25) is 0 Å². The highest BCUT2D eigenvalue weighted by atomic mass is 32.1. The predicted molar refractivity (Wildman–Crippen MR) is 144 cm³/mol. The number of rotatable bonds is 14. The molecular formula is C26H33N2O7PS. The smallest absolute Gasteiger partial charge is 0.336 e. The Morgan fingerprint density at radius 1 is 1.08 bits per heavy atom. The predicted octanol–water partition coefficient (Wildman–Crippen LogP) is 6.06. The Morgan fingerprint density at radius 3 is 2.41 bits per heavy atom. The van der Waals surface area contributed by atoms with Crippen LogP contribution in [-0.4, -0.2) is 41.9 Å². The fourth-order valence-electron chi connectivity index (χ4n) is 3.40. The number of aliphatic hydroxyl groups excluding tert-OH is 1. The second-order valence-electron chi connectivity index (χ2n) is 8.30. The summed E-state index contributed by atoms with van der Waals surface area (Å²) in [5.41, 5.74) is 1.53. The SMILES string of the molecule is CCOP(=O)(Cc1csc(NC(=O)c2cc(OCC(O)c3ccccc3)cc(OC(C)C)c2)n1)OCC. The maximum atomic E-state index is 13.1. The average molecular weight is 549 g/mol. The Labute approximate surface area is 221 Å². The molecule has 3 aromatic rings. The first-order valence-corrected chi connectivity index (χ1v) is 14.6. The molecule has 1 atom stereocenters. The maximum absolute atomic E-state index is 13.1. The molecule has 200 valence electrons. The van der Waals surface area contributed by atoms with E-state index in [0.29, 0.717) is 27.9 Å². The number of thiazole rings is 1. The molecule has 0 aliphatic carbocycles. The summed E-state index contributed by atoms with van der Waals surface area (Å²) in [6.07, 6.45) is -0.930. The molecule has 0 spiro atoms. The minimum Gasteiger partial charge on any atom is -0.491 e. The molecule has 2 aromatic carbocycles. The van der Waals surface area contributed by atoms with E-state index in [2.05, 4.69) is 10.3 Å². The zero-order valence-corrected chi connectivity index (χ0v) is 23.1. The molecule has 11 heteroatoms. The van der Waals surface area contributed by atoms with Gasteiger partial charge in [-0.2, -0.15) is 0 Å². The van der Waals surface area contributed by atoms with Crippen LogP contribution in [0.1, 0.15) is 55.4 Å². The fraction of sp³-hybridized carbons (Fsp3) is 0.385. The van der Waals surface area contributed by atoms with Gasteiger partial charge < -0.3 is 23.6 Å². The molecule has 1 aromatic heterocycles. The molecule has 0 aliphatic heterocycles. The van der Waals surface area contributed by atoms with E-state index in [1.165, 1.54) is 11.3 Å². The molecule has 0 saturated carbocycles. The first-order chi connectivity index (χ1) is 17.7. The summed E-state index contributed by atoms with van der Waals surface area (Å²) in [4.78, 5) is 17.4. The van der Waals surface area contributed by atoms with Crippen LogP contribution in [0.15, 0.2) is 53.9 Å². The number of amides is 1. The standard InChI is InChI=1S/C26H33N2O7PS/c1-5-33-36(31,34-6-2)16-21-17-37-26(27-21)28-25(30)20-12-22(14-23(13-20)35-18(3)4)32-15-24(29)19-10-8-7-9-11-19/h7-14,17-18,24,29H,5-6,15-16H2,1-4H3,(H,27,28,30). The number of ether oxygens (including phenoxy) is 2. The van der Waals surface area contributed by atoms with Crippen LogP contribution in [-0.2, 0) is 19.8 Å². The minimum atomic E-state index is -3.31. The number of hydrogen-bond donors (Lipinski definition) is 2. The van der Waals surface area contributed by atoms with Gasteiger partial charge in [0.1, 0.15) is 24.2 Å². The monoisotopic (exact) mass is 548 g/mol. The van der Waals surface area contributed by atoms with E-state index in [-0.39, 0.29) is 32.1 Å². The van der Waals surface area contributed by atoms with Crippen molar-refractivity contribution >= 4 is 30.0 Å². The summed E-state index contributed by atoms with van der Waals surface area (Å²) >= 11 is 1.21. The van der Waals surface area contributed by atoms with Crippen molar-refractivity contribution in [3.63, 3.8) is 0 Å². The summed E-state index contributed by atoms with van der Waals surface area (Å²) < 4.78 is 35.0. The third-order valence-corrected chi connectivity index (χ3v) is 7.71. The summed E-state index contributed by atoms with van der Waals surface area (Å²) in [6, 6.07) is 14.1. The number of nitrogens with zero attached hydrogens (tertiary/aromatic N) is 1. The Balaban J connectivity index is 1.73. The van der Waals surface area contributed by atoms with E-state index in [1.54, 1.807) is 37.4 Å². The number of aromatic nitrogens is 1. The third kappa shape index (κ3) is 8.94. The van der Waals surface area contributed by atoms with Gasteiger partial charge in [-0.15, -0.1) is 11.3 Å². The highest BCUT2D eigenvalue weighted by Gasteiger charge is 2.26. The number of carbonyl (C=O) groups excluding carboxylic acids is 1. The number of carbonyl (C=O) groups is 1. The zero-order valence-electron chi connectivity index (χ0n) is 21.4. The lowest BCUT2D eigenvalue weighted by Crippen LogP contribution is -2.14. The van der Waals surface area contributed by atoms with Crippen LogP contribution in [0.25, 0.3) is 0 Å². The van der Waals surface area contributed by atoms with Crippen LogP contribution in [0.2, 0.25) is 0 Å². The number of aliphatic hydroxyl groups is 1. The number of nitrogens with one attached hydrogen (secondary N) is 1. The van der Waals surface area contributed by atoms with Gasteiger partial charge in [-0.05, 0) is 45.4 Å². The number of benzene rings is 2. The van der Waals surface area contributed by atoms with E-state index >= 15 is 0 Å². The lowest BCUT2D eigenvalue weighted by Gasteiger charge is -2.16. The molecule has 1 unspecified atom stereocenters. The number of anilines is 1. The Bertz CT molecular complexity index is 1190. The van der Waals surface area contributed by atoms with Crippen LogP contribution >= 0.6 is 18.9 Å². The summed E-state index contributed by atoms with van der Waals surface area (Å²) in [5, 5.41) is 15.3. The third-order valence-electron chi connectivity index (χ3n) is 4.89. The molecule has 3 rings (SSSR count). The summed E-state index contributed by atoms with van der Waals surface area (Å²) in [7, 11) is -3.31. The molecule has 0 aliphatic rings. The second kappa shape index (κ2) is 13.7. The summed E-state index contributed by atoms with van der Waals surface area (Å²) in [5.74, 6) is 0.426. The van der Waals surface area contributed by atoms with Crippen LogP contribution in [0.4, 0.5) is 5.13 Å². The van der Waals surface area contributed by atoms with Crippen molar-refractivity contribution in [2.75, 3.05) is 25.1 Å². The first-order valence-electron chi connectivity index (χ1n) is 12.0. The zero-order chi connectivity index (χ0) is 26.8. The summed E-state index contributed by atoms with van der Waals surface area (Å²) in [6.45, 7) is 7.77. The molecule has 0 saturated heterocycles. The van der Waals surface area contributed by atoms with Crippen molar-refractivity contribution in [1.29, 1.82) is 0 Å². The van der Waals surface area contributed by atoms with Crippen molar-refractivity contribution in [2.24, 2.45) is 0 Å². The second-order valence-corrected chi connectivity index (χ2v) is 11.2. The Morgan fingerprint density at radius 2 is 1.76 bits per heavy atom. The van der Waals surface area contributed by atoms with Gasteiger partial charge in [0, 0.05) is 17.0 Å². The van der Waals surface area contributed by atoms with Crippen LogP contribution in [0.3, 0.4) is 0 Å². The van der Waals surface area contributed by atoms with Crippen molar-refractivity contribution in [3.05, 3.63) is 70.7 Å². The van der Waals surface area contributed by atoms with Gasteiger partial charge in [-0.1, -0.05) is 30.3 Å². The van der Waals surface area contributed by atoms with Gasteiger partial charge in [0.15, 0.2) is 5.13 Å². The molecule has 0 radical (unpaired) electrons. The molecular weight excluding hydrogens is 515 g/mol. The van der Waals surface area contributed by atoms with Gasteiger partial charge in [0.25, 0.3) is 5.91 Å². The van der Waals surface area contributed by atoms with E-state index < -0.39 is 19.6 Å². The lowest BCUT2D eigenvalue weighted by atomic mass is 10.1. The normalized spacial score (nSPS) is 12.4. The van der Waals surface area contributed by atoms with Crippen LogP contribution < -0.4 is 14.8 Å². The number of hydrogen-bond acceptors (Lipinski definition) is 9. The maximum Gasteiger partial charge on any atom is 0.336 e. The Kier molecular flexibility index (Phi) is 10.7. The van der Waals surface area contributed by atoms with Crippen molar-refractivity contribution < 1.29 is 33.0 Å². The van der Waals surface area contributed by atoms with Crippen LogP contribution in [0, 0.1) is 0 Å². The molecule has 1 amide bonds. The van der Waals surface area contributed by atoms with Gasteiger partial charge >= 0.3 is 7.60 Å². The molecule has 1 heterocycles. The largest absolute Gasteiger partial charge is 0.491 e. The van der Waals surface area contributed by atoms with Crippen molar-refractivity contribution in [2.45, 2.75) is 46.1 Å². The van der Waals surface area contributed by atoms with E-state index in [1.807, 2.05) is 44.2 Å². The highest BCUT2D eigenvalue weighted by molar-refractivity contribution is 7.53. The Hall–Kier alpha value is -2.75. The van der Waals surface area contributed by atoms with E-state index in [0.717, 1.165) is 5.56 Å². The van der Waals surface area contributed by atoms with Gasteiger partial charge in [0.05, 0.1) is 31.2 Å². The fourth-order valence-corrected chi connectivity index (χ4v) is 5.83. The first kappa shape index (κ1) is 28.8. The van der Waals surface area contributed by atoms with E-state index in [4.69, 9.17) is 18.5 Å². The lowest BCUT2D eigenvalue weighted by molar-refractivity contribution is 0.102. The topological polar surface area (TPSA) is 116 Å². The van der Waals surface area contributed by atoms with Crippen molar-refractivity contribution in [1.82, 2.24) is 4.98 Å². The molecule has 0 bridgehead atoms. The van der Waals surface area contributed by atoms with Gasteiger partial charge in [-0.3, -0.25) is 14.7 Å². The molecule has 9 nitrogen and oxygen atoms in total. The molecule has 37 heavy (non-hydrogen) atoms. The highest BCUT2D eigenvalue weighted by Crippen LogP contribution is 2.51. The minimum absolute atomic E-state index is 0.00572. The van der Waals surface area contributed by atoms with E-state index in [9.17, 15) is 14.5 Å². The quantitative estimate of drug-likeness (QED) is 0.234. The van der Waals surface area contributed by atoms with Crippen LogP contribution in [0.5, 0.6) is 11.5 Å². The average Bonchev–Trinajstić information content (AvgIpc) is 3.28. The molecule has 2 N–H and O–H groups in total. The van der Waals surface area contributed by atoms with Crippen molar-refractivity contribution in [3.8, 4) is 11.5 Å².